The number of thioether (sulfide) groups is 1. The fourth-order valence-electron chi connectivity index (χ4n) is 2.98. The number of hydrogen-bond acceptors (Lipinski definition) is 6. The minimum atomic E-state index is -3.89. The molecule has 30 heavy (non-hydrogen) atoms. The second kappa shape index (κ2) is 10.0. The highest BCUT2D eigenvalue weighted by Gasteiger charge is 2.24. The second-order valence-corrected chi connectivity index (χ2v) is 9.03. The lowest BCUT2D eigenvalue weighted by Gasteiger charge is -2.27. The average Bonchev–Trinajstić information content (AvgIpc) is 2.77. The van der Waals surface area contributed by atoms with Gasteiger partial charge in [-0.2, -0.15) is 0 Å². The Bertz CT molecular complexity index is 1020. The van der Waals surface area contributed by atoms with Crippen molar-refractivity contribution in [2.75, 3.05) is 43.9 Å². The van der Waals surface area contributed by atoms with E-state index in [0.717, 1.165) is 4.90 Å². The Hall–Kier alpha value is -2.49. The standard InChI is InChI=1S/C21H24N2O5S2/c1-3-11-28-17-6-4-5-16(14-17)22-30(25,26)18-7-8-20(29-2)19(15-18)21(24)23-9-12-27-13-10-23/h3-8,14-15,22H,1,9-13H2,2H3. The van der Waals surface area contributed by atoms with Crippen LogP contribution in [0.3, 0.4) is 0 Å². The Morgan fingerprint density at radius 1 is 1.27 bits per heavy atom. The lowest BCUT2D eigenvalue weighted by Crippen LogP contribution is -2.40. The molecular weight excluding hydrogens is 424 g/mol. The Balaban J connectivity index is 1.87. The molecule has 1 heterocycles. The van der Waals surface area contributed by atoms with Gasteiger partial charge in [0.15, 0.2) is 0 Å². The number of ether oxygens (including phenoxy) is 2. The maximum absolute atomic E-state index is 13.0. The van der Waals surface area contributed by atoms with Crippen molar-refractivity contribution in [3.8, 4) is 5.75 Å². The molecule has 0 aliphatic carbocycles. The molecule has 0 bridgehead atoms. The number of hydrogen-bond donors (Lipinski definition) is 1. The molecule has 0 aromatic heterocycles. The van der Waals surface area contributed by atoms with Crippen LogP contribution < -0.4 is 9.46 Å². The van der Waals surface area contributed by atoms with Gasteiger partial charge in [0.1, 0.15) is 12.4 Å². The quantitative estimate of drug-likeness (QED) is 0.493. The van der Waals surface area contributed by atoms with Gasteiger partial charge in [0.25, 0.3) is 15.9 Å². The number of benzene rings is 2. The van der Waals surface area contributed by atoms with E-state index in [2.05, 4.69) is 11.3 Å². The molecule has 3 rings (SSSR count). The topological polar surface area (TPSA) is 84.9 Å². The number of nitrogens with zero attached hydrogens (tertiary/aromatic N) is 1. The molecule has 160 valence electrons. The Kier molecular flexibility index (Phi) is 7.41. The van der Waals surface area contributed by atoms with Gasteiger partial charge in [-0.15, -0.1) is 11.8 Å². The zero-order valence-electron chi connectivity index (χ0n) is 16.7. The monoisotopic (exact) mass is 448 g/mol. The first kappa shape index (κ1) is 22.2. The lowest BCUT2D eigenvalue weighted by atomic mass is 10.2. The van der Waals surface area contributed by atoms with E-state index in [1.165, 1.54) is 23.9 Å². The lowest BCUT2D eigenvalue weighted by molar-refractivity contribution is 0.0300. The van der Waals surface area contributed by atoms with Crippen molar-refractivity contribution >= 4 is 33.4 Å². The second-order valence-electron chi connectivity index (χ2n) is 6.50. The summed E-state index contributed by atoms with van der Waals surface area (Å²) in [5, 5.41) is 0. The summed E-state index contributed by atoms with van der Waals surface area (Å²) >= 11 is 1.40. The van der Waals surface area contributed by atoms with Crippen molar-refractivity contribution in [3.63, 3.8) is 0 Å². The van der Waals surface area contributed by atoms with Gasteiger partial charge in [0, 0.05) is 24.1 Å². The maximum atomic E-state index is 13.0. The normalized spacial score (nSPS) is 14.2. The predicted octanol–water partition coefficient (Wildman–Crippen LogP) is 3.25. The molecule has 1 aliphatic rings. The van der Waals surface area contributed by atoms with Crippen LogP contribution in [0.5, 0.6) is 5.75 Å². The summed E-state index contributed by atoms with van der Waals surface area (Å²) in [6.45, 7) is 5.83. The van der Waals surface area contributed by atoms with E-state index in [4.69, 9.17) is 9.47 Å². The van der Waals surface area contributed by atoms with Crippen molar-refractivity contribution < 1.29 is 22.7 Å². The van der Waals surface area contributed by atoms with Crippen LogP contribution >= 0.6 is 11.8 Å². The number of nitrogens with one attached hydrogen (secondary N) is 1. The molecule has 0 unspecified atom stereocenters. The van der Waals surface area contributed by atoms with Crippen LogP contribution in [0.25, 0.3) is 0 Å². The van der Waals surface area contributed by atoms with Crippen LogP contribution in [0, 0.1) is 0 Å². The summed E-state index contributed by atoms with van der Waals surface area (Å²) in [6.07, 6.45) is 3.46. The van der Waals surface area contributed by atoms with E-state index in [-0.39, 0.29) is 10.8 Å². The van der Waals surface area contributed by atoms with Gasteiger partial charge in [-0.05, 0) is 36.6 Å². The molecule has 1 fully saturated rings. The molecular formula is C21H24N2O5S2. The molecule has 0 radical (unpaired) electrons. The van der Waals surface area contributed by atoms with Crippen LogP contribution in [-0.2, 0) is 14.8 Å². The molecule has 0 atom stereocenters. The largest absolute Gasteiger partial charge is 0.489 e. The summed E-state index contributed by atoms with van der Waals surface area (Å²) < 4.78 is 39.2. The van der Waals surface area contributed by atoms with Crippen LogP contribution in [0.15, 0.2) is 64.9 Å². The number of amides is 1. The number of rotatable bonds is 8. The summed E-state index contributed by atoms with van der Waals surface area (Å²) in [4.78, 5) is 15.4. The average molecular weight is 449 g/mol. The summed E-state index contributed by atoms with van der Waals surface area (Å²) in [6, 6.07) is 11.3. The van der Waals surface area contributed by atoms with E-state index < -0.39 is 10.0 Å². The summed E-state index contributed by atoms with van der Waals surface area (Å²) in [5.74, 6) is 0.329. The minimum absolute atomic E-state index is 0.0225. The Morgan fingerprint density at radius 3 is 2.73 bits per heavy atom. The first-order valence-electron chi connectivity index (χ1n) is 9.36. The fourth-order valence-corrected chi connectivity index (χ4v) is 4.62. The predicted molar refractivity (Wildman–Crippen MR) is 118 cm³/mol. The van der Waals surface area contributed by atoms with Crippen LogP contribution in [0.2, 0.25) is 0 Å². The van der Waals surface area contributed by atoms with E-state index in [9.17, 15) is 13.2 Å². The number of carbonyl (C=O) groups excluding carboxylic acids is 1. The van der Waals surface area contributed by atoms with E-state index >= 15 is 0 Å². The van der Waals surface area contributed by atoms with Gasteiger partial charge < -0.3 is 14.4 Å². The molecule has 1 N–H and O–H groups in total. The van der Waals surface area contributed by atoms with Gasteiger partial charge in [0.05, 0.1) is 29.4 Å². The van der Waals surface area contributed by atoms with Crippen molar-refractivity contribution in [1.82, 2.24) is 4.90 Å². The van der Waals surface area contributed by atoms with Crippen LogP contribution in [0.4, 0.5) is 5.69 Å². The molecule has 1 saturated heterocycles. The van der Waals surface area contributed by atoms with Crippen LogP contribution in [-0.4, -0.2) is 58.4 Å². The van der Waals surface area contributed by atoms with E-state index in [1.807, 2.05) is 6.26 Å². The fraction of sp³-hybridized carbons (Fsp3) is 0.286. The summed E-state index contributed by atoms with van der Waals surface area (Å²) in [5.41, 5.74) is 0.738. The van der Waals surface area contributed by atoms with Crippen molar-refractivity contribution in [2.45, 2.75) is 9.79 Å². The van der Waals surface area contributed by atoms with Crippen molar-refractivity contribution in [1.29, 1.82) is 0 Å². The summed E-state index contributed by atoms with van der Waals surface area (Å²) in [7, 11) is -3.89. The van der Waals surface area contributed by atoms with Crippen molar-refractivity contribution in [2.24, 2.45) is 0 Å². The van der Waals surface area contributed by atoms with E-state index in [1.54, 1.807) is 41.3 Å². The van der Waals surface area contributed by atoms with Gasteiger partial charge in [-0.1, -0.05) is 18.7 Å². The van der Waals surface area contributed by atoms with Crippen molar-refractivity contribution in [3.05, 3.63) is 60.7 Å². The molecule has 0 saturated carbocycles. The zero-order chi connectivity index (χ0) is 21.6. The SMILES string of the molecule is C=CCOc1cccc(NS(=O)(=O)c2ccc(SC)c(C(=O)N3CCOCC3)c2)c1. The van der Waals surface area contributed by atoms with Gasteiger partial charge in [0.2, 0.25) is 0 Å². The first-order chi connectivity index (χ1) is 14.4. The van der Waals surface area contributed by atoms with Gasteiger partial charge in [-0.25, -0.2) is 8.42 Å². The molecule has 2 aromatic carbocycles. The smallest absolute Gasteiger partial charge is 0.261 e. The number of sulfonamides is 1. The maximum Gasteiger partial charge on any atom is 0.261 e. The molecule has 2 aromatic rings. The molecule has 0 spiro atoms. The third-order valence-corrected chi connectivity index (χ3v) is 6.64. The first-order valence-corrected chi connectivity index (χ1v) is 12.1. The van der Waals surface area contributed by atoms with E-state index in [0.29, 0.717) is 49.9 Å². The highest BCUT2D eigenvalue weighted by Crippen LogP contribution is 2.27. The number of anilines is 1. The number of carbonyl (C=O) groups is 1. The molecule has 9 heteroatoms. The highest BCUT2D eigenvalue weighted by atomic mass is 32.2. The third-order valence-electron chi connectivity index (χ3n) is 4.46. The minimum Gasteiger partial charge on any atom is -0.489 e. The Labute approximate surface area is 181 Å². The third kappa shape index (κ3) is 5.35. The Morgan fingerprint density at radius 2 is 2.03 bits per heavy atom. The molecule has 7 nitrogen and oxygen atoms in total. The van der Waals surface area contributed by atoms with Gasteiger partial charge >= 0.3 is 0 Å². The molecule has 1 aliphatic heterocycles. The zero-order valence-corrected chi connectivity index (χ0v) is 18.3. The van der Waals surface area contributed by atoms with Gasteiger partial charge in [-0.3, -0.25) is 9.52 Å². The molecule has 1 amide bonds. The highest BCUT2D eigenvalue weighted by molar-refractivity contribution is 7.98. The number of morpholine rings is 1. The van der Waals surface area contributed by atoms with Crippen LogP contribution in [0.1, 0.15) is 10.4 Å².